The molecule has 0 saturated heterocycles. The minimum absolute atomic E-state index is 0.131. The molecule has 1 aliphatic heterocycles. The van der Waals surface area contributed by atoms with Crippen LogP contribution in [-0.2, 0) is 17.6 Å². The van der Waals surface area contributed by atoms with Crippen molar-refractivity contribution >= 4 is 22.9 Å². The number of hydrogen-bond donors (Lipinski definition) is 1. The molecule has 124 valence electrons. The molecule has 0 fully saturated rings. The summed E-state index contributed by atoms with van der Waals surface area (Å²) in [5, 5.41) is 3.63. The topological polar surface area (TPSA) is 43.4 Å². The van der Waals surface area contributed by atoms with E-state index in [0.29, 0.717) is 6.61 Å². The number of aromatic nitrogens is 1. The van der Waals surface area contributed by atoms with Gasteiger partial charge in [-0.25, -0.2) is 0 Å². The van der Waals surface area contributed by atoms with E-state index < -0.39 is 0 Å². The van der Waals surface area contributed by atoms with Crippen LogP contribution in [-0.4, -0.2) is 31.3 Å². The van der Waals surface area contributed by atoms with E-state index in [1.807, 2.05) is 12.1 Å². The lowest BCUT2D eigenvalue weighted by Crippen LogP contribution is -2.36. The predicted octanol–water partition coefficient (Wildman–Crippen LogP) is 3.64. The summed E-state index contributed by atoms with van der Waals surface area (Å²) < 4.78 is 11.8. The second-order valence-corrected chi connectivity index (χ2v) is 7.54. The molecule has 2 atom stereocenters. The molecular formula is C17H21ClN2O2S. The number of pyridine rings is 1. The van der Waals surface area contributed by atoms with Gasteiger partial charge in [0.1, 0.15) is 5.75 Å². The highest BCUT2D eigenvalue weighted by Gasteiger charge is 2.21. The average molecular weight is 353 g/mol. The van der Waals surface area contributed by atoms with Gasteiger partial charge in [-0.1, -0.05) is 11.6 Å². The third-order valence-corrected chi connectivity index (χ3v) is 5.31. The zero-order valence-corrected chi connectivity index (χ0v) is 14.9. The summed E-state index contributed by atoms with van der Waals surface area (Å²) in [5.74, 6) is 0.768. The van der Waals surface area contributed by atoms with E-state index in [0.717, 1.165) is 35.2 Å². The molecule has 0 bridgehead atoms. The second kappa shape index (κ2) is 7.62. The van der Waals surface area contributed by atoms with Gasteiger partial charge in [-0.2, -0.15) is 0 Å². The van der Waals surface area contributed by atoms with Crippen LogP contribution in [0.4, 0.5) is 0 Å². The molecule has 3 heterocycles. The monoisotopic (exact) mass is 352 g/mol. The van der Waals surface area contributed by atoms with Crippen LogP contribution in [0.15, 0.2) is 24.4 Å². The molecule has 1 aliphatic rings. The molecule has 1 N–H and O–H groups in total. The van der Waals surface area contributed by atoms with Crippen molar-refractivity contribution in [3.05, 3.63) is 44.9 Å². The first-order valence-corrected chi connectivity index (χ1v) is 8.96. The molecule has 4 nitrogen and oxygen atoms in total. The number of nitrogens with zero attached hydrogens (tertiary/aromatic N) is 1. The van der Waals surface area contributed by atoms with Crippen molar-refractivity contribution in [1.82, 2.24) is 10.3 Å². The summed E-state index contributed by atoms with van der Waals surface area (Å²) in [6.45, 7) is 3.57. The maximum Gasteiger partial charge on any atom is 0.137 e. The molecule has 3 rings (SSSR count). The number of hydrogen-bond acceptors (Lipinski definition) is 5. The Balaban J connectivity index is 1.89. The summed E-state index contributed by atoms with van der Waals surface area (Å²) >= 11 is 7.88. The van der Waals surface area contributed by atoms with E-state index in [9.17, 15) is 0 Å². The zero-order chi connectivity index (χ0) is 16.2. The normalized spacial score (nSPS) is 22.4. The molecule has 0 aliphatic carbocycles. The fourth-order valence-electron chi connectivity index (χ4n) is 2.80. The highest BCUT2D eigenvalue weighted by molar-refractivity contribution is 7.16. The maximum atomic E-state index is 6.23. The minimum atomic E-state index is 0.131. The van der Waals surface area contributed by atoms with E-state index in [1.165, 1.54) is 10.4 Å². The van der Waals surface area contributed by atoms with Crippen LogP contribution in [0, 0.1) is 0 Å². The van der Waals surface area contributed by atoms with Crippen molar-refractivity contribution < 1.29 is 9.47 Å². The molecule has 0 saturated carbocycles. The molecule has 6 heteroatoms. The smallest absolute Gasteiger partial charge is 0.137 e. The summed E-state index contributed by atoms with van der Waals surface area (Å²) in [6.07, 6.45) is 3.56. The van der Waals surface area contributed by atoms with E-state index in [-0.39, 0.29) is 12.1 Å². The standard InChI is InChI=1S/C17H21ClN2O2S/c1-11-10-22-6-5-12-7-17(18)23-16(12)8-15(20-11)14-4-3-13(21-2)9-19-14/h3-4,7,9,11,15,20H,5-6,8,10H2,1-2H3. The van der Waals surface area contributed by atoms with Crippen molar-refractivity contribution in [2.24, 2.45) is 0 Å². The fraction of sp³-hybridized carbons (Fsp3) is 0.471. The molecule has 0 aromatic carbocycles. The van der Waals surface area contributed by atoms with Gasteiger partial charge in [-0.3, -0.25) is 4.98 Å². The van der Waals surface area contributed by atoms with Crippen LogP contribution < -0.4 is 10.1 Å². The summed E-state index contributed by atoms with van der Waals surface area (Å²) in [5.41, 5.74) is 2.29. The minimum Gasteiger partial charge on any atom is -0.495 e. The lowest BCUT2D eigenvalue weighted by molar-refractivity contribution is 0.113. The van der Waals surface area contributed by atoms with E-state index in [4.69, 9.17) is 21.1 Å². The van der Waals surface area contributed by atoms with Crippen molar-refractivity contribution in [3.63, 3.8) is 0 Å². The Hall–Kier alpha value is -1.14. The number of methoxy groups -OCH3 is 1. The highest BCUT2D eigenvalue weighted by Crippen LogP contribution is 2.31. The van der Waals surface area contributed by atoms with Gasteiger partial charge < -0.3 is 14.8 Å². The Morgan fingerprint density at radius 1 is 1.43 bits per heavy atom. The Morgan fingerprint density at radius 3 is 3.04 bits per heavy atom. The lowest BCUT2D eigenvalue weighted by Gasteiger charge is -2.24. The van der Waals surface area contributed by atoms with Crippen LogP contribution in [0.25, 0.3) is 0 Å². The van der Waals surface area contributed by atoms with Crippen LogP contribution in [0.5, 0.6) is 5.75 Å². The van der Waals surface area contributed by atoms with Crippen LogP contribution in [0.2, 0.25) is 4.34 Å². The molecular weight excluding hydrogens is 332 g/mol. The van der Waals surface area contributed by atoms with Gasteiger partial charge in [-0.05, 0) is 37.1 Å². The number of fused-ring (bicyclic) bond motifs is 1. The Bertz CT molecular complexity index is 645. The quantitative estimate of drug-likeness (QED) is 0.896. The molecule has 0 spiro atoms. The van der Waals surface area contributed by atoms with Gasteiger partial charge in [-0.15, -0.1) is 11.3 Å². The third kappa shape index (κ3) is 4.23. The summed E-state index contributed by atoms with van der Waals surface area (Å²) in [6, 6.07) is 6.43. The van der Waals surface area contributed by atoms with Gasteiger partial charge >= 0.3 is 0 Å². The first-order valence-electron chi connectivity index (χ1n) is 7.76. The Kier molecular flexibility index (Phi) is 5.54. The van der Waals surface area contributed by atoms with Crippen molar-refractivity contribution in [3.8, 4) is 5.75 Å². The van der Waals surface area contributed by atoms with Crippen LogP contribution >= 0.6 is 22.9 Å². The first kappa shape index (κ1) is 16.7. The van der Waals surface area contributed by atoms with E-state index in [1.54, 1.807) is 24.6 Å². The van der Waals surface area contributed by atoms with Gasteiger partial charge in [0.15, 0.2) is 0 Å². The number of thiophene rings is 1. The maximum absolute atomic E-state index is 6.23. The molecule has 0 amide bonds. The molecule has 2 unspecified atom stereocenters. The van der Waals surface area contributed by atoms with Crippen LogP contribution in [0.3, 0.4) is 0 Å². The lowest BCUT2D eigenvalue weighted by atomic mass is 10.0. The van der Waals surface area contributed by atoms with E-state index >= 15 is 0 Å². The largest absolute Gasteiger partial charge is 0.495 e. The summed E-state index contributed by atoms with van der Waals surface area (Å²) in [7, 11) is 1.65. The average Bonchev–Trinajstić information content (AvgIpc) is 2.90. The molecule has 2 aromatic rings. The van der Waals surface area contributed by atoms with Gasteiger partial charge in [0.2, 0.25) is 0 Å². The van der Waals surface area contributed by atoms with Crippen molar-refractivity contribution in [2.75, 3.05) is 20.3 Å². The molecule has 0 radical (unpaired) electrons. The fourth-order valence-corrected chi connectivity index (χ4v) is 4.19. The van der Waals surface area contributed by atoms with Crippen molar-refractivity contribution in [2.45, 2.75) is 31.8 Å². The Morgan fingerprint density at radius 2 is 2.30 bits per heavy atom. The number of rotatable bonds is 2. The van der Waals surface area contributed by atoms with Gasteiger partial charge in [0.05, 0.1) is 42.6 Å². The zero-order valence-electron chi connectivity index (χ0n) is 13.3. The first-order chi connectivity index (χ1) is 11.2. The predicted molar refractivity (Wildman–Crippen MR) is 93.7 cm³/mol. The second-order valence-electron chi connectivity index (χ2n) is 5.77. The number of nitrogens with one attached hydrogen (secondary N) is 1. The Labute approximate surface area is 145 Å². The third-order valence-electron chi connectivity index (χ3n) is 3.98. The van der Waals surface area contributed by atoms with Crippen molar-refractivity contribution in [1.29, 1.82) is 0 Å². The molecule has 23 heavy (non-hydrogen) atoms. The van der Waals surface area contributed by atoms with E-state index in [2.05, 4.69) is 23.3 Å². The van der Waals surface area contributed by atoms with Gasteiger partial charge in [0, 0.05) is 17.3 Å². The summed E-state index contributed by atoms with van der Waals surface area (Å²) in [4.78, 5) is 5.87. The number of ether oxygens (including phenoxy) is 2. The van der Waals surface area contributed by atoms with Crippen LogP contribution in [0.1, 0.15) is 29.1 Å². The highest BCUT2D eigenvalue weighted by atomic mass is 35.5. The van der Waals surface area contributed by atoms with Gasteiger partial charge in [0.25, 0.3) is 0 Å². The molecule has 2 aromatic heterocycles. The SMILES string of the molecule is COc1ccc(C2Cc3sc(Cl)cc3CCOCC(C)N2)nc1. The number of halogens is 1.